The Hall–Kier alpha value is 0.177. The molecule has 3 rings (SSSR count). The van der Waals surface area contributed by atoms with Crippen LogP contribution >= 0.6 is 0 Å². The quantitative estimate of drug-likeness (QED) is 0.626. The van der Waals surface area contributed by atoms with Crippen LogP contribution in [0.3, 0.4) is 0 Å². The van der Waals surface area contributed by atoms with Crippen molar-refractivity contribution in [3.05, 3.63) is 0 Å². The summed E-state index contributed by atoms with van der Waals surface area (Å²) in [5.41, 5.74) is 2.12. The molecule has 1 radical (unpaired) electrons. The lowest BCUT2D eigenvalue weighted by Gasteiger charge is -2.52. The van der Waals surface area contributed by atoms with Crippen molar-refractivity contribution in [2.24, 2.45) is 0 Å². The second kappa shape index (κ2) is 3.34. The maximum absolute atomic E-state index is 13.2. The molecule has 0 atom stereocenters. The molecule has 3 aliphatic rings. The highest BCUT2D eigenvalue weighted by atomic mass is 28.4. The van der Waals surface area contributed by atoms with Gasteiger partial charge >= 0.3 is 0 Å². The molecule has 0 aromatic carbocycles. The van der Waals surface area contributed by atoms with Gasteiger partial charge in [-0.05, 0) is 16.6 Å². The molecule has 14 heavy (non-hydrogen) atoms. The molecular weight excluding hydrogens is 188 g/mol. The lowest BCUT2D eigenvalue weighted by Crippen LogP contribution is -2.54. The zero-order valence-electron chi connectivity index (χ0n) is 9.00. The lowest BCUT2D eigenvalue weighted by molar-refractivity contribution is 0.261. The molecule has 0 aromatic rings. The fraction of sp³-hybridized carbons (Fsp3) is 1.00. The standard InChI is InChI=1S/C12H21OSi/c13-14(10-4-1-5-10,11-6-2-7-11)12-8-3-9-12/h10-12H,1-9H2. The Morgan fingerprint density at radius 2 is 0.929 bits per heavy atom. The summed E-state index contributed by atoms with van der Waals surface area (Å²) in [5, 5.41) is 0. The van der Waals surface area contributed by atoms with E-state index in [2.05, 4.69) is 0 Å². The van der Waals surface area contributed by atoms with Crippen LogP contribution in [-0.2, 0) is 4.80 Å². The van der Waals surface area contributed by atoms with Gasteiger partial charge in [0, 0.05) is 0 Å². The van der Waals surface area contributed by atoms with Crippen LogP contribution in [0.4, 0.5) is 0 Å². The molecule has 0 spiro atoms. The van der Waals surface area contributed by atoms with Gasteiger partial charge in [0.1, 0.15) is 0 Å². The van der Waals surface area contributed by atoms with Crippen molar-refractivity contribution < 1.29 is 4.80 Å². The van der Waals surface area contributed by atoms with E-state index in [1.54, 1.807) is 0 Å². The SMILES string of the molecule is [O][Si](C1CCC1)(C1CCC1)C1CCC1. The van der Waals surface area contributed by atoms with E-state index >= 15 is 0 Å². The molecule has 3 saturated carbocycles. The van der Waals surface area contributed by atoms with Crippen molar-refractivity contribution in [1.82, 2.24) is 0 Å². The van der Waals surface area contributed by atoms with Crippen LogP contribution in [0.15, 0.2) is 0 Å². The summed E-state index contributed by atoms with van der Waals surface area (Å²) in [6.45, 7) is 0. The molecule has 0 aromatic heterocycles. The normalized spacial score (nSPS) is 30.6. The third-order valence-electron chi connectivity index (χ3n) is 5.23. The van der Waals surface area contributed by atoms with E-state index in [9.17, 15) is 4.80 Å². The molecular formula is C12H21OSi. The Morgan fingerprint density at radius 1 is 0.643 bits per heavy atom. The van der Waals surface area contributed by atoms with E-state index in [0.717, 1.165) is 0 Å². The summed E-state index contributed by atoms with van der Waals surface area (Å²) < 4.78 is 0. The summed E-state index contributed by atoms with van der Waals surface area (Å²) in [7, 11) is -2.05. The Balaban J connectivity index is 1.76. The van der Waals surface area contributed by atoms with Crippen LogP contribution in [0.1, 0.15) is 57.8 Å². The first-order valence-corrected chi connectivity index (χ1v) is 8.66. The van der Waals surface area contributed by atoms with Crippen molar-refractivity contribution in [3.8, 4) is 0 Å². The number of hydrogen-bond acceptors (Lipinski definition) is 0. The highest BCUT2D eigenvalue weighted by Crippen LogP contribution is 2.60. The fourth-order valence-corrected chi connectivity index (χ4v) is 9.51. The summed E-state index contributed by atoms with van der Waals surface area (Å²) in [6.07, 6.45) is 11.9. The van der Waals surface area contributed by atoms with Crippen molar-refractivity contribution in [1.29, 1.82) is 0 Å². The molecule has 0 unspecified atom stereocenters. The first-order chi connectivity index (χ1) is 6.82. The average molecular weight is 209 g/mol. The second-order valence-corrected chi connectivity index (χ2v) is 9.89. The summed E-state index contributed by atoms with van der Waals surface area (Å²) in [5.74, 6) is 0. The third-order valence-corrected chi connectivity index (χ3v) is 10.8. The largest absolute Gasteiger partial charge is 0.296 e. The van der Waals surface area contributed by atoms with Gasteiger partial charge < -0.3 is 0 Å². The maximum Gasteiger partial charge on any atom is 0.246 e. The third kappa shape index (κ3) is 1.16. The van der Waals surface area contributed by atoms with E-state index in [-0.39, 0.29) is 0 Å². The highest BCUT2D eigenvalue weighted by Gasteiger charge is 2.58. The van der Waals surface area contributed by atoms with Crippen LogP contribution in [0.25, 0.3) is 0 Å². The maximum atomic E-state index is 13.2. The molecule has 79 valence electrons. The molecule has 0 saturated heterocycles. The molecule has 0 heterocycles. The Labute approximate surface area is 88.0 Å². The molecule has 2 heteroatoms. The molecule has 3 aliphatic carbocycles. The second-order valence-electron chi connectivity index (χ2n) is 5.74. The smallest absolute Gasteiger partial charge is 0.246 e. The van der Waals surface area contributed by atoms with Gasteiger partial charge in [-0.15, -0.1) is 0 Å². The highest BCUT2D eigenvalue weighted by molar-refractivity contribution is 6.77. The Kier molecular flexibility index (Phi) is 2.25. The molecule has 1 nitrogen and oxygen atoms in total. The van der Waals surface area contributed by atoms with E-state index in [4.69, 9.17) is 0 Å². The van der Waals surface area contributed by atoms with Gasteiger partial charge in [-0.3, -0.25) is 4.80 Å². The molecule has 0 N–H and O–H groups in total. The van der Waals surface area contributed by atoms with E-state index in [1.807, 2.05) is 0 Å². The minimum Gasteiger partial charge on any atom is -0.296 e. The Morgan fingerprint density at radius 3 is 1.07 bits per heavy atom. The van der Waals surface area contributed by atoms with Gasteiger partial charge in [0.05, 0.1) is 0 Å². The molecule has 3 fully saturated rings. The molecule has 0 amide bonds. The molecule has 0 aliphatic heterocycles. The van der Waals surface area contributed by atoms with Gasteiger partial charge in [-0.25, -0.2) is 0 Å². The van der Waals surface area contributed by atoms with Gasteiger partial charge in [0.2, 0.25) is 8.32 Å². The van der Waals surface area contributed by atoms with Crippen molar-refractivity contribution >= 4 is 8.32 Å². The predicted octanol–water partition coefficient (Wildman–Crippen LogP) is 4.02. The molecule has 0 bridgehead atoms. The van der Waals surface area contributed by atoms with Crippen LogP contribution < -0.4 is 0 Å². The minimum absolute atomic E-state index is 0.707. The number of hydrogen-bond donors (Lipinski definition) is 0. The van der Waals surface area contributed by atoms with Crippen LogP contribution in [0.2, 0.25) is 16.6 Å². The van der Waals surface area contributed by atoms with Gasteiger partial charge in [-0.1, -0.05) is 57.8 Å². The van der Waals surface area contributed by atoms with Gasteiger partial charge in [-0.2, -0.15) is 0 Å². The van der Waals surface area contributed by atoms with Crippen molar-refractivity contribution in [2.45, 2.75) is 74.4 Å². The monoisotopic (exact) mass is 209 g/mol. The number of rotatable bonds is 3. The zero-order valence-corrected chi connectivity index (χ0v) is 10.0. The first-order valence-electron chi connectivity index (χ1n) is 6.52. The van der Waals surface area contributed by atoms with Crippen LogP contribution in [-0.4, -0.2) is 8.32 Å². The van der Waals surface area contributed by atoms with Gasteiger partial charge in [0.25, 0.3) is 0 Å². The lowest BCUT2D eigenvalue weighted by atomic mass is 9.97. The van der Waals surface area contributed by atoms with Crippen molar-refractivity contribution in [3.63, 3.8) is 0 Å². The van der Waals surface area contributed by atoms with Gasteiger partial charge in [0.15, 0.2) is 0 Å². The average Bonchev–Trinajstić information content (AvgIpc) is 1.69. The van der Waals surface area contributed by atoms with E-state index < -0.39 is 8.32 Å². The van der Waals surface area contributed by atoms with Crippen LogP contribution in [0.5, 0.6) is 0 Å². The topological polar surface area (TPSA) is 19.9 Å². The minimum atomic E-state index is -2.05. The fourth-order valence-electron chi connectivity index (χ4n) is 3.58. The predicted molar refractivity (Wildman–Crippen MR) is 59.2 cm³/mol. The summed E-state index contributed by atoms with van der Waals surface area (Å²) in [4.78, 5) is 13.2. The first kappa shape index (κ1) is 9.41. The van der Waals surface area contributed by atoms with Crippen LogP contribution in [0, 0.1) is 0 Å². The van der Waals surface area contributed by atoms with E-state index in [0.29, 0.717) is 16.6 Å². The zero-order chi connectivity index (χ0) is 9.60. The Bertz CT molecular complexity index is 180. The summed E-state index contributed by atoms with van der Waals surface area (Å²) >= 11 is 0. The van der Waals surface area contributed by atoms with E-state index in [1.165, 1.54) is 57.8 Å². The summed E-state index contributed by atoms with van der Waals surface area (Å²) in [6, 6.07) is 0. The van der Waals surface area contributed by atoms with Crippen molar-refractivity contribution in [2.75, 3.05) is 0 Å².